The highest BCUT2D eigenvalue weighted by atomic mass is 32.1. The van der Waals surface area contributed by atoms with Crippen molar-refractivity contribution in [2.75, 3.05) is 6.54 Å². The molecule has 0 aliphatic carbocycles. The van der Waals surface area contributed by atoms with Gasteiger partial charge in [-0.3, -0.25) is 24.3 Å². The second-order valence-electron chi connectivity index (χ2n) is 5.89. The molecule has 1 aromatic carbocycles. The van der Waals surface area contributed by atoms with E-state index in [4.69, 9.17) is 0 Å². The first-order chi connectivity index (χ1) is 13.1. The summed E-state index contributed by atoms with van der Waals surface area (Å²) in [7, 11) is 0. The molecule has 134 valence electrons. The van der Waals surface area contributed by atoms with Crippen LogP contribution in [0.2, 0.25) is 0 Å². The molecule has 1 N–H and O–H groups in total. The Morgan fingerprint density at radius 3 is 2.48 bits per heavy atom. The van der Waals surface area contributed by atoms with Gasteiger partial charge in [-0.15, -0.1) is 11.3 Å². The number of hydrogen-bond donors (Lipinski definition) is 1. The molecule has 7 nitrogen and oxygen atoms in total. The summed E-state index contributed by atoms with van der Waals surface area (Å²) < 4.78 is 0. The fourth-order valence-electron chi connectivity index (χ4n) is 2.80. The van der Waals surface area contributed by atoms with Gasteiger partial charge in [-0.25, -0.2) is 4.98 Å². The molecule has 0 spiro atoms. The van der Waals surface area contributed by atoms with E-state index in [-0.39, 0.29) is 13.1 Å². The fourth-order valence-corrected chi connectivity index (χ4v) is 3.54. The van der Waals surface area contributed by atoms with E-state index < -0.39 is 17.7 Å². The molecular weight excluding hydrogens is 364 g/mol. The van der Waals surface area contributed by atoms with Gasteiger partial charge in [0.1, 0.15) is 11.6 Å². The van der Waals surface area contributed by atoms with Gasteiger partial charge in [0.2, 0.25) is 5.91 Å². The second-order valence-corrected chi connectivity index (χ2v) is 6.83. The molecule has 0 atom stereocenters. The number of amides is 3. The lowest BCUT2D eigenvalue weighted by Gasteiger charge is -2.13. The largest absolute Gasteiger partial charge is 0.348 e. The third-order valence-corrected chi connectivity index (χ3v) is 4.97. The van der Waals surface area contributed by atoms with Gasteiger partial charge in [-0.1, -0.05) is 12.1 Å². The van der Waals surface area contributed by atoms with Crippen molar-refractivity contribution in [3.05, 3.63) is 70.3 Å². The molecular formula is C19H14N4O3S. The molecule has 1 aliphatic heterocycles. The van der Waals surface area contributed by atoms with Crippen LogP contribution in [-0.2, 0) is 11.3 Å². The summed E-state index contributed by atoms with van der Waals surface area (Å²) in [6.45, 7) is -0.0832. The van der Waals surface area contributed by atoms with Crippen LogP contribution in [0.15, 0.2) is 54.2 Å². The molecule has 3 aromatic rings. The van der Waals surface area contributed by atoms with Crippen LogP contribution in [0.3, 0.4) is 0 Å². The molecule has 0 saturated heterocycles. The molecule has 0 unspecified atom stereocenters. The molecule has 0 bridgehead atoms. The van der Waals surface area contributed by atoms with E-state index in [1.807, 2.05) is 17.5 Å². The van der Waals surface area contributed by atoms with Gasteiger partial charge in [0, 0.05) is 23.3 Å². The van der Waals surface area contributed by atoms with Gasteiger partial charge in [-0.2, -0.15) is 0 Å². The van der Waals surface area contributed by atoms with E-state index >= 15 is 0 Å². The maximum absolute atomic E-state index is 12.3. The Morgan fingerprint density at radius 1 is 1.07 bits per heavy atom. The average Bonchev–Trinajstić information content (AvgIpc) is 3.27. The van der Waals surface area contributed by atoms with Gasteiger partial charge in [0.05, 0.1) is 23.4 Å². The van der Waals surface area contributed by atoms with Crippen LogP contribution in [0.4, 0.5) is 0 Å². The number of imide groups is 1. The van der Waals surface area contributed by atoms with Crippen molar-refractivity contribution in [2.45, 2.75) is 6.54 Å². The summed E-state index contributed by atoms with van der Waals surface area (Å²) in [4.78, 5) is 46.3. The first-order valence-electron chi connectivity index (χ1n) is 8.20. The number of nitrogens with one attached hydrogen (secondary N) is 1. The van der Waals surface area contributed by atoms with Crippen molar-refractivity contribution >= 4 is 29.1 Å². The number of carbonyl (C=O) groups excluding carboxylic acids is 3. The molecule has 0 saturated carbocycles. The van der Waals surface area contributed by atoms with Gasteiger partial charge in [0.25, 0.3) is 11.8 Å². The molecule has 8 heteroatoms. The summed E-state index contributed by atoms with van der Waals surface area (Å²) in [5.41, 5.74) is 2.35. The third kappa shape index (κ3) is 3.34. The predicted octanol–water partition coefficient (Wildman–Crippen LogP) is 2.12. The van der Waals surface area contributed by atoms with Crippen molar-refractivity contribution in [3.63, 3.8) is 0 Å². The lowest BCUT2D eigenvalue weighted by atomic mass is 10.1. The fraction of sp³-hybridized carbons (Fsp3) is 0.105. The number of rotatable bonds is 5. The van der Waals surface area contributed by atoms with Crippen molar-refractivity contribution < 1.29 is 14.4 Å². The summed E-state index contributed by atoms with van der Waals surface area (Å²) >= 11 is 1.42. The smallest absolute Gasteiger partial charge is 0.262 e. The van der Waals surface area contributed by atoms with Crippen LogP contribution in [0.1, 0.15) is 25.7 Å². The van der Waals surface area contributed by atoms with Gasteiger partial charge >= 0.3 is 0 Å². The maximum Gasteiger partial charge on any atom is 0.262 e. The van der Waals surface area contributed by atoms with Crippen molar-refractivity contribution in [1.29, 1.82) is 0 Å². The van der Waals surface area contributed by atoms with Crippen molar-refractivity contribution in [1.82, 2.24) is 20.2 Å². The average molecular weight is 378 g/mol. The monoisotopic (exact) mass is 378 g/mol. The van der Waals surface area contributed by atoms with E-state index in [0.29, 0.717) is 11.1 Å². The molecule has 1 aliphatic rings. The minimum absolute atomic E-state index is 0.229. The Hall–Kier alpha value is -3.39. The van der Waals surface area contributed by atoms with Crippen LogP contribution < -0.4 is 5.32 Å². The van der Waals surface area contributed by atoms with Gasteiger partial charge in [0.15, 0.2) is 0 Å². The molecule has 4 rings (SSSR count). The predicted molar refractivity (Wildman–Crippen MR) is 99.0 cm³/mol. The zero-order chi connectivity index (χ0) is 18.8. The number of fused-ring (bicyclic) bond motifs is 1. The van der Waals surface area contributed by atoms with E-state index in [1.165, 1.54) is 11.3 Å². The highest BCUT2D eigenvalue weighted by Gasteiger charge is 2.36. The quantitative estimate of drug-likeness (QED) is 0.687. The summed E-state index contributed by atoms with van der Waals surface area (Å²) in [5.74, 6) is -1.31. The first kappa shape index (κ1) is 17.0. The lowest BCUT2D eigenvalue weighted by molar-refractivity contribution is -0.121. The van der Waals surface area contributed by atoms with Crippen LogP contribution in [0.5, 0.6) is 0 Å². The number of hydrogen-bond acceptors (Lipinski definition) is 6. The summed E-state index contributed by atoms with van der Waals surface area (Å²) in [6.07, 6.45) is 3.41. The van der Waals surface area contributed by atoms with Crippen molar-refractivity contribution in [2.24, 2.45) is 0 Å². The Kier molecular flexibility index (Phi) is 4.47. The standard InChI is InChI=1S/C19H14N4O3S/c24-16(10-23-18(25)13-5-1-2-6-14(13)19(23)26)21-9-17-22-15(11-27-17)12-4-3-7-20-8-12/h1-8,11H,9-10H2,(H,21,24). The Labute approximate surface area is 158 Å². The highest BCUT2D eigenvalue weighted by Crippen LogP contribution is 2.22. The number of pyridine rings is 1. The number of carbonyl (C=O) groups is 3. The SMILES string of the molecule is O=C(CN1C(=O)c2ccccc2C1=O)NCc1nc(-c2cccnc2)cs1. The first-order valence-corrected chi connectivity index (χ1v) is 9.08. The Balaban J connectivity index is 1.37. The summed E-state index contributed by atoms with van der Waals surface area (Å²) in [6, 6.07) is 10.3. The number of benzene rings is 1. The molecule has 0 fully saturated rings. The van der Waals surface area contributed by atoms with Gasteiger partial charge < -0.3 is 5.32 Å². The molecule has 3 amide bonds. The minimum Gasteiger partial charge on any atom is -0.348 e. The molecule has 27 heavy (non-hydrogen) atoms. The number of nitrogens with zero attached hydrogens (tertiary/aromatic N) is 3. The zero-order valence-electron chi connectivity index (χ0n) is 14.1. The van der Waals surface area contributed by atoms with E-state index in [2.05, 4.69) is 15.3 Å². The lowest BCUT2D eigenvalue weighted by Crippen LogP contribution is -2.40. The van der Waals surface area contributed by atoms with Crippen LogP contribution in [0.25, 0.3) is 11.3 Å². The van der Waals surface area contributed by atoms with E-state index in [0.717, 1.165) is 21.2 Å². The summed E-state index contributed by atoms with van der Waals surface area (Å²) in [5, 5.41) is 5.32. The molecule has 2 aromatic heterocycles. The normalized spacial score (nSPS) is 13.0. The number of thiazole rings is 1. The van der Waals surface area contributed by atoms with Gasteiger partial charge in [-0.05, 0) is 24.3 Å². The molecule has 3 heterocycles. The Morgan fingerprint density at radius 2 is 1.81 bits per heavy atom. The zero-order valence-corrected chi connectivity index (χ0v) is 14.9. The highest BCUT2D eigenvalue weighted by molar-refractivity contribution is 7.09. The van der Waals surface area contributed by atoms with E-state index in [1.54, 1.807) is 36.7 Å². The molecule has 0 radical (unpaired) electrons. The second kappa shape index (κ2) is 7.08. The van der Waals surface area contributed by atoms with Crippen molar-refractivity contribution in [3.8, 4) is 11.3 Å². The third-order valence-electron chi connectivity index (χ3n) is 4.13. The topological polar surface area (TPSA) is 92.3 Å². The number of aromatic nitrogens is 2. The maximum atomic E-state index is 12.3. The Bertz CT molecular complexity index is 997. The minimum atomic E-state index is -0.445. The van der Waals surface area contributed by atoms with Crippen LogP contribution >= 0.6 is 11.3 Å². The van der Waals surface area contributed by atoms with E-state index in [9.17, 15) is 14.4 Å². The van der Waals surface area contributed by atoms with Crippen LogP contribution in [0, 0.1) is 0 Å². The van der Waals surface area contributed by atoms with Crippen LogP contribution in [-0.4, -0.2) is 39.1 Å².